The maximum atomic E-state index is 15.1. The van der Waals surface area contributed by atoms with Gasteiger partial charge in [0.2, 0.25) is 0 Å². The standard InChI is InChI=1S/C63H46O4/c1-61(2)66-59(62(64,55-35-39-19-3-7-23-43(39)47-27-11-15-31-51(47)55)56-36-40-20-4-8-24-44(40)48-28-12-16-32-52(48)56)60(67-61)63(65,57-37-41-21-5-9-25-45(41)49-29-13-17-33-53(49)57)58-38-42-22-6-10-26-46(42)50-30-14-18-34-54(50)58/h3-38,59-60,64-65H,1-2H3/t59-,60?/m0/s1. The van der Waals surface area contributed by atoms with Gasteiger partial charge >= 0.3 is 0 Å². The summed E-state index contributed by atoms with van der Waals surface area (Å²) in [7, 11) is 0. The predicted octanol–water partition coefficient (Wildman–Crippen LogP) is 14.6. The lowest BCUT2D eigenvalue weighted by Gasteiger charge is -2.44. The minimum Gasteiger partial charge on any atom is -0.377 e. The van der Waals surface area contributed by atoms with Gasteiger partial charge in [-0.3, -0.25) is 0 Å². The fourth-order valence-electron chi connectivity index (χ4n) is 11.8. The number of hydrogen-bond acceptors (Lipinski definition) is 4. The number of aliphatic hydroxyl groups is 2. The molecule has 1 aliphatic heterocycles. The van der Waals surface area contributed by atoms with Crippen LogP contribution in [0.1, 0.15) is 36.1 Å². The second-order valence-corrected chi connectivity index (χ2v) is 18.8. The summed E-state index contributed by atoms with van der Waals surface area (Å²) >= 11 is 0. The molecule has 0 spiro atoms. The molecule has 0 amide bonds. The van der Waals surface area contributed by atoms with E-state index in [0.29, 0.717) is 22.3 Å². The Kier molecular flexibility index (Phi) is 8.80. The van der Waals surface area contributed by atoms with Crippen LogP contribution < -0.4 is 0 Å². The van der Waals surface area contributed by atoms with Gasteiger partial charge in [-0.1, -0.05) is 194 Å². The fourth-order valence-corrected chi connectivity index (χ4v) is 11.8. The van der Waals surface area contributed by atoms with Gasteiger partial charge in [0.05, 0.1) is 0 Å². The number of ether oxygens (including phenoxy) is 2. The van der Waals surface area contributed by atoms with E-state index in [1.165, 1.54) is 0 Å². The lowest BCUT2D eigenvalue weighted by Crippen LogP contribution is -2.55. The van der Waals surface area contributed by atoms with Crippen molar-refractivity contribution in [2.45, 2.75) is 43.0 Å². The second kappa shape index (κ2) is 14.8. The SMILES string of the molecule is CC1(C)OC(C(O)(c2cc3ccccc3c3ccccc23)c2cc3ccccc3c3ccccc23)[C@@H](C(O)(c2cc3ccccc3c3ccccc23)c2cc3ccccc3c3ccccc23)O1. The van der Waals surface area contributed by atoms with E-state index >= 15 is 10.2 Å². The highest BCUT2D eigenvalue weighted by Gasteiger charge is 2.62. The quantitative estimate of drug-likeness (QED) is 0.164. The summed E-state index contributed by atoms with van der Waals surface area (Å²) in [5.41, 5.74) is -1.28. The molecule has 1 heterocycles. The number of rotatable bonds is 6. The molecule has 0 aromatic heterocycles. The highest BCUT2D eigenvalue weighted by atomic mass is 16.8. The Bertz CT molecular complexity index is 3480. The van der Waals surface area contributed by atoms with Crippen LogP contribution in [0.4, 0.5) is 0 Å². The number of benzene rings is 12. The monoisotopic (exact) mass is 866 g/mol. The molecule has 1 aliphatic rings. The maximum absolute atomic E-state index is 15.1. The van der Waals surface area contributed by atoms with Gasteiger partial charge in [-0.05, 0) is 147 Å². The summed E-state index contributed by atoms with van der Waals surface area (Å²) in [6.45, 7) is 3.80. The lowest BCUT2D eigenvalue weighted by atomic mass is 9.68. The molecule has 4 heteroatoms. The van der Waals surface area contributed by atoms with E-state index in [2.05, 4.69) is 170 Å². The minimum atomic E-state index is -1.96. The van der Waals surface area contributed by atoms with E-state index < -0.39 is 29.2 Å². The largest absolute Gasteiger partial charge is 0.377 e. The van der Waals surface area contributed by atoms with Crippen molar-refractivity contribution in [3.63, 3.8) is 0 Å². The average molecular weight is 867 g/mol. The highest BCUT2D eigenvalue weighted by molar-refractivity contribution is 6.14. The molecular formula is C63H46O4. The number of hydrogen-bond donors (Lipinski definition) is 2. The highest BCUT2D eigenvalue weighted by Crippen LogP contribution is 2.56. The van der Waals surface area contributed by atoms with Crippen LogP contribution in [0.2, 0.25) is 0 Å². The van der Waals surface area contributed by atoms with Crippen LogP contribution in [0.25, 0.3) is 86.2 Å². The van der Waals surface area contributed by atoms with Gasteiger partial charge in [0.15, 0.2) is 5.79 Å². The summed E-state index contributed by atoms with van der Waals surface area (Å²) in [5.74, 6) is -1.28. The van der Waals surface area contributed by atoms with Gasteiger partial charge in [0.25, 0.3) is 0 Å². The van der Waals surface area contributed by atoms with Crippen molar-refractivity contribution in [2.75, 3.05) is 0 Å². The van der Waals surface area contributed by atoms with Crippen LogP contribution in [-0.4, -0.2) is 28.2 Å². The fraction of sp³-hybridized carbons (Fsp3) is 0.111. The van der Waals surface area contributed by atoms with Gasteiger partial charge in [0.1, 0.15) is 23.4 Å². The van der Waals surface area contributed by atoms with Gasteiger partial charge in [-0.25, -0.2) is 0 Å². The molecule has 0 aliphatic carbocycles. The lowest BCUT2D eigenvalue weighted by molar-refractivity contribution is -0.172. The minimum absolute atomic E-state index is 0.660. The van der Waals surface area contributed by atoms with Crippen molar-refractivity contribution >= 4 is 86.2 Å². The van der Waals surface area contributed by atoms with Crippen molar-refractivity contribution in [1.29, 1.82) is 0 Å². The summed E-state index contributed by atoms with van der Waals surface area (Å²) in [4.78, 5) is 0. The summed E-state index contributed by atoms with van der Waals surface area (Å²) < 4.78 is 14.8. The summed E-state index contributed by atoms with van der Waals surface area (Å²) in [6, 6.07) is 75.2. The van der Waals surface area contributed by atoms with E-state index in [-0.39, 0.29) is 0 Å². The third-order valence-corrected chi connectivity index (χ3v) is 14.6. The molecule has 2 atom stereocenters. The molecule has 322 valence electrons. The Morgan fingerprint density at radius 2 is 0.493 bits per heavy atom. The average Bonchev–Trinajstić information content (AvgIpc) is 3.73. The van der Waals surface area contributed by atoms with Crippen molar-refractivity contribution in [3.8, 4) is 0 Å². The molecule has 12 aromatic rings. The van der Waals surface area contributed by atoms with Crippen molar-refractivity contribution in [3.05, 3.63) is 241 Å². The first-order valence-electron chi connectivity index (χ1n) is 23.2. The Balaban J connectivity index is 1.21. The third-order valence-electron chi connectivity index (χ3n) is 14.6. The summed E-state index contributed by atoms with van der Waals surface area (Å²) in [6.07, 6.45) is -2.42. The van der Waals surface area contributed by atoms with Crippen LogP contribution in [0, 0.1) is 0 Å². The van der Waals surface area contributed by atoms with Crippen LogP contribution in [-0.2, 0) is 20.7 Å². The first kappa shape index (κ1) is 39.9. The van der Waals surface area contributed by atoms with Crippen LogP contribution in [0.15, 0.2) is 218 Å². The molecule has 67 heavy (non-hydrogen) atoms. The van der Waals surface area contributed by atoms with E-state index in [0.717, 1.165) is 86.2 Å². The van der Waals surface area contributed by atoms with E-state index in [1.807, 2.05) is 62.4 Å². The third kappa shape index (κ3) is 5.88. The molecule has 1 fully saturated rings. The van der Waals surface area contributed by atoms with Crippen LogP contribution >= 0.6 is 0 Å². The van der Waals surface area contributed by atoms with Crippen molar-refractivity contribution < 1.29 is 19.7 Å². The second-order valence-electron chi connectivity index (χ2n) is 18.8. The molecule has 1 unspecified atom stereocenters. The van der Waals surface area contributed by atoms with Gasteiger partial charge in [-0.15, -0.1) is 0 Å². The molecule has 1 saturated heterocycles. The Labute approximate surface area is 387 Å². The predicted molar refractivity (Wildman–Crippen MR) is 276 cm³/mol. The molecule has 2 N–H and O–H groups in total. The van der Waals surface area contributed by atoms with Crippen LogP contribution in [0.3, 0.4) is 0 Å². The Morgan fingerprint density at radius 1 is 0.299 bits per heavy atom. The van der Waals surface area contributed by atoms with E-state index in [9.17, 15) is 0 Å². The normalized spacial score (nSPS) is 16.7. The Morgan fingerprint density at radius 3 is 0.731 bits per heavy atom. The zero-order valence-electron chi connectivity index (χ0n) is 37.2. The van der Waals surface area contributed by atoms with E-state index in [4.69, 9.17) is 9.47 Å². The van der Waals surface area contributed by atoms with E-state index in [1.54, 1.807) is 0 Å². The topological polar surface area (TPSA) is 58.9 Å². The van der Waals surface area contributed by atoms with Crippen molar-refractivity contribution in [2.24, 2.45) is 0 Å². The zero-order valence-corrected chi connectivity index (χ0v) is 37.2. The smallest absolute Gasteiger partial charge is 0.164 e. The molecule has 12 aromatic carbocycles. The molecule has 0 radical (unpaired) electrons. The molecule has 0 saturated carbocycles. The molecule has 13 rings (SSSR count). The molecule has 4 nitrogen and oxygen atoms in total. The molecular weight excluding hydrogens is 821 g/mol. The zero-order chi connectivity index (χ0) is 45.1. The molecule has 0 bridgehead atoms. The van der Waals surface area contributed by atoms with Crippen LogP contribution in [0.5, 0.6) is 0 Å². The first-order chi connectivity index (χ1) is 32.7. The number of fused-ring (bicyclic) bond motifs is 12. The van der Waals surface area contributed by atoms with Gasteiger partial charge in [-0.2, -0.15) is 0 Å². The van der Waals surface area contributed by atoms with Gasteiger partial charge in [0, 0.05) is 0 Å². The maximum Gasteiger partial charge on any atom is 0.164 e. The van der Waals surface area contributed by atoms with Crippen molar-refractivity contribution in [1.82, 2.24) is 0 Å². The summed E-state index contributed by atoms with van der Waals surface area (Å²) in [5, 5.41) is 45.9. The van der Waals surface area contributed by atoms with Gasteiger partial charge < -0.3 is 19.7 Å². The Hall–Kier alpha value is -7.44. The first-order valence-corrected chi connectivity index (χ1v) is 23.2.